The first-order valence-corrected chi connectivity index (χ1v) is 10.2. The molecule has 1 fully saturated rings. The van der Waals surface area contributed by atoms with Crippen LogP contribution in [0.2, 0.25) is 0 Å². The molecular formula is C20H23N5O2S. The number of nitrogens with one attached hydrogen (secondary N) is 1. The van der Waals surface area contributed by atoms with Crippen LogP contribution in [0.3, 0.4) is 0 Å². The van der Waals surface area contributed by atoms with Crippen molar-refractivity contribution < 1.29 is 9.53 Å². The topological polar surface area (TPSA) is 90.6 Å². The average Bonchev–Trinajstić information content (AvgIpc) is 3.13. The summed E-state index contributed by atoms with van der Waals surface area (Å²) in [5.41, 5.74) is 6.17. The number of thiazole rings is 1. The van der Waals surface area contributed by atoms with Gasteiger partial charge in [0.2, 0.25) is 5.13 Å². The molecule has 2 aromatic rings. The fourth-order valence-electron chi connectivity index (χ4n) is 3.18. The highest BCUT2D eigenvalue weighted by Crippen LogP contribution is 2.27. The number of carbonyl (C=O) groups is 1. The molecule has 1 aliphatic rings. The molecule has 0 aliphatic carbocycles. The van der Waals surface area contributed by atoms with E-state index < -0.39 is 0 Å². The van der Waals surface area contributed by atoms with E-state index in [-0.39, 0.29) is 11.9 Å². The van der Waals surface area contributed by atoms with E-state index in [1.807, 2.05) is 37.4 Å². The van der Waals surface area contributed by atoms with Gasteiger partial charge in [-0.15, -0.1) is 11.3 Å². The zero-order valence-corrected chi connectivity index (χ0v) is 16.8. The van der Waals surface area contributed by atoms with Gasteiger partial charge in [0, 0.05) is 18.5 Å². The van der Waals surface area contributed by atoms with Gasteiger partial charge in [-0.05, 0) is 44.4 Å². The highest BCUT2D eigenvalue weighted by atomic mass is 32.1. The van der Waals surface area contributed by atoms with Crippen molar-refractivity contribution in [1.29, 1.82) is 5.26 Å². The Kier molecular flexibility index (Phi) is 6.61. The lowest BCUT2D eigenvalue weighted by Gasteiger charge is -2.33. The van der Waals surface area contributed by atoms with Crippen LogP contribution in [0.5, 0.6) is 0 Å². The molecule has 0 bridgehead atoms. The standard InChI is InChI=1S/C20H23N5O2S/c1-3-27-19(26)16-6-8-25(9-7-16)18-5-4-15(10-17(18)11-21)12-22-24-20-23-14(2)13-28-20/h4-5,10,12-13,16H,3,6-9H2,1-2H3,(H,23,24). The third kappa shape index (κ3) is 4.87. The van der Waals surface area contributed by atoms with Crippen molar-refractivity contribution in [3.8, 4) is 6.07 Å². The van der Waals surface area contributed by atoms with E-state index in [4.69, 9.17) is 4.74 Å². The minimum atomic E-state index is -0.114. The number of piperidine rings is 1. The first-order valence-electron chi connectivity index (χ1n) is 9.27. The van der Waals surface area contributed by atoms with Crippen LogP contribution in [0.15, 0.2) is 28.7 Å². The van der Waals surface area contributed by atoms with Crippen LogP contribution in [-0.2, 0) is 9.53 Å². The molecule has 1 aromatic carbocycles. The molecule has 7 nitrogen and oxygen atoms in total. The number of aryl methyl sites for hydroxylation is 1. The number of ether oxygens (including phenoxy) is 1. The number of nitriles is 1. The van der Waals surface area contributed by atoms with Crippen LogP contribution in [0, 0.1) is 24.2 Å². The van der Waals surface area contributed by atoms with Crippen molar-refractivity contribution in [2.75, 3.05) is 30.0 Å². The van der Waals surface area contributed by atoms with Gasteiger partial charge in [0.15, 0.2) is 0 Å². The third-order valence-corrected chi connectivity index (χ3v) is 5.45. The Balaban J connectivity index is 1.63. The Hall–Kier alpha value is -2.92. The summed E-state index contributed by atoms with van der Waals surface area (Å²) in [6, 6.07) is 7.98. The number of esters is 1. The van der Waals surface area contributed by atoms with E-state index in [1.165, 1.54) is 11.3 Å². The number of benzene rings is 1. The monoisotopic (exact) mass is 397 g/mol. The molecule has 1 saturated heterocycles. The number of hydrogen-bond donors (Lipinski definition) is 1. The minimum absolute atomic E-state index is 0.0475. The zero-order valence-electron chi connectivity index (χ0n) is 16.0. The molecule has 1 aromatic heterocycles. The molecule has 0 unspecified atom stereocenters. The number of hydrazone groups is 1. The maximum Gasteiger partial charge on any atom is 0.309 e. The number of hydrogen-bond acceptors (Lipinski definition) is 8. The van der Waals surface area contributed by atoms with Gasteiger partial charge in [0.1, 0.15) is 6.07 Å². The Morgan fingerprint density at radius 2 is 2.29 bits per heavy atom. The van der Waals surface area contributed by atoms with Crippen LogP contribution in [0.4, 0.5) is 10.8 Å². The fourth-order valence-corrected chi connectivity index (χ4v) is 3.82. The van der Waals surface area contributed by atoms with Crippen LogP contribution >= 0.6 is 11.3 Å². The number of nitrogens with zero attached hydrogens (tertiary/aromatic N) is 4. The molecule has 1 N–H and O–H groups in total. The van der Waals surface area contributed by atoms with Gasteiger partial charge in [-0.2, -0.15) is 10.4 Å². The highest BCUT2D eigenvalue weighted by Gasteiger charge is 2.27. The van der Waals surface area contributed by atoms with E-state index in [1.54, 1.807) is 6.21 Å². The van der Waals surface area contributed by atoms with Crippen molar-refractivity contribution in [3.63, 3.8) is 0 Å². The van der Waals surface area contributed by atoms with Crippen LogP contribution < -0.4 is 10.3 Å². The summed E-state index contributed by atoms with van der Waals surface area (Å²) < 4.78 is 5.12. The summed E-state index contributed by atoms with van der Waals surface area (Å²) >= 11 is 1.49. The Bertz CT molecular complexity index is 894. The van der Waals surface area contributed by atoms with E-state index in [0.717, 1.165) is 48.0 Å². The van der Waals surface area contributed by atoms with Crippen molar-refractivity contribution in [2.45, 2.75) is 26.7 Å². The lowest BCUT2D eigenvalue weighted by molar-refractivity contribution is -0.148. The zero-order chi connectivity index (χ0) is 19.9. The summed E-state index contributed by atoms with van der Waals surface area (Å²) in [5, 5.41) is 16.4. The van der Waals surface area contributed by atoms with E-state index >= 15 is 0 Å². The Morgan fingerprint density at radius 3 is 2.93 bits per heavy atom. The normalized spacial score (nSPS) is 14.8. The molecule has 0 spiro atoms. The summed E-state index contributed by atoms with van der Waals surface area (Å²) in [5.74, 6) is -0.161. The van der Waals surface area contributed by atoms with Crippen LogP contribution in [-0.4, -0.2) is 36.9 Å². The molecule has 0 saturated carbocycles. The predicted molar refractivity (Wildman–Crippen MR) is 111 cm³/mol. The van der Waals surface area contributed by atoms with Gasteiger partial charge in [-0.25, -0.2) is 4.98 Å². The molecule has 3 rings (SSSR count). The molecule has 1 aliphatic heterocycles. The second-order valence-corrected chi connectivity index (χ2v) is 7.42. The molecule has 2 heterocycles. The number of rotatable bonds is 6. The molecule has 0 radical (unpaired) electrons. The van der Waals surface area contributed by atoms with Gasteiger partial charge in [-0.3, -0.25) is 10.2 Å². The maximum absolute atomic E-state index is 11.9. The predicted octanol–water partition coefficient (Wildman–Crippen LogP) is 3.55. The lowest BCUT2D eigenvalue weighted by Crippen LogP contribution is -2.37. The maximum atomic E-state index is 11.9. The van der Waals surface area contributed by atoms with E-state index in [9.17, 15) is 10.1 Å². The third-order valence-electron chi connectivity index (χ3n) is 4.59. The van der Waals surface area contributed by atoms with E-state index in [0.29, 0.717) is 12.2 Å². The lowest BCUT2D eigenvalue weighted by atomic mass is 9.96. The SMILES string of the molecule is CCOC(=O)C1CCN(c2ccc(C=NNc3nc(C)cs3)cc2C#N)CC1. The molecular weight excluding hydrogens is 374 g/mol. The van der Waals surface area contributed by atoms with Gasteiger partial charge >= 0.3 is 5.97 Å². The first-order chi connectivity index (χ1) is 13.6. The largest absolute Gasteiger partial charge is 0.466 e. The van der Waals surface area contributed by atoms with Crippen molar-refractivity contribution in [3.05, 3.63) is 40.4 Å². The molecule has 0 amide bonds. The second kappa shape index (κ2) is 9.33. The van der Waals surface area contributed by atoms with Gasteiger partial charge < -0.3 is 9.64 Å². The summed E-state index contributed by atoms with van der Waals surface area (Å²) in [4.78, 5) is 18.3. The molecule has 0 atom stereocenters. The molecule has 28 heavy (non-hydrogen) atoms. The van der Waals surface area contributed by atoms with Gasteiger partial charge in [-0.1, -0.05) is 6.07 Å². The van der Waals surface area contributed by atoms with Crippen LogP contribution in [0.1, 0.15) is 36.6 Å². The quantitative estimate of drug-likeness (QED) is 0.455. The first kappa shape index (κ1) is 19.8. The smallest absolute Gasteiger partial charge is 0.309 e. The minimum Gasteiger partial charge on any atom is -0.466 e. The van der Waals surface area contributed by atoms with Crippen molar-refractivity contribution in [2.24, 2.45) is 11.0 Å². The number of aromatic nitrogens is 1. The summed E-state index contributed by atoms with van der Waals surface area (Å²) in [7, 11) is 0. The van der Waals surface area contributed by atoms with Gasteiger partial charge in [0.05, 0.1) is 35.7 Å². The number of carbonyl (C=O) groups excluding carboxylic acids is 1. The van der Waals surface area contributed by atoms with Crippen molar-refractivity contribution >= 4 is 34.3 Å². The number of anilines is 2. The second-order valence-electron chi connectivity index (χ2n) is 6.57. The van der Waals surface area contributed by atoms with Crippen molar-refractivity contribution in [1.82, 2.24) is 4.98 Å². The van der Waals surface area contributed by atoms with Crippen LogP contribution in [0.25, 0.3) is 0 Å². The fraction of sp³-hybridized carbons (Fsp3) is 0.400. The average molecular weight is 398 g/mol. The summed E-state index contributed by atoms with van der Waals surface area (Å²) in [6.07, 6.45) is 3.16. The molecule has 8 heteroatoms. The Morgan fingerprint density at radius 1 is 1.50 bits per heavy atom. The van der Waals surface area contributed by atoms with Gasteiger partial charge in [0.25, 0.3) is 0 Å². The highest BCUT2D eigenvalue weighted by molar-refractivity contribution is 7.13. The van der Waals surface area contributed by atoms with E-state index in [2.05, 4.69) is 26.5 Å². The molecule has 146 valence electrons. The summed E-state index contributed by atoms with van der Waals surface area (Å²) in [6.45, 7) is 5.63. The Labute approximate surface area is 168 Å².